The summed E-state index contributed by atoms with van der Waals surface area (Å²) in [5.41, 5.74) is 0. The molecule has 0 atom stereocenters. The van der Waals surface area contributed by atoms with Gasteiger partial charge in [-0.3, -0.25) is 9.59 Å². The van der Waals surface area contributed by atoms with Crippen LogP contribution in [0.4, 0.5) is 0 Å². The van der Waals surface area contributed by atoms with Crippen molar-refractivity contribution in [2.45, 2.75) is 19.6 Å². The summed E-state index contributed by atoms with van der Waals surface area (Å²) in [7, 11) is 0. The van der Waals surface area contributed by atoms with Crippen LogP contribution in [0.15, 0.2) is 11.5 Å². The van der Waals surface area contributed by atoms with Gasteiger partial charge in [0.25, 0.3) is 0 Å². The highest BCUT2D eigenvalue weighted by molar-refractivity contribution is 5.83. The molecule has 0 saturated heterocycles. The summed E-state index contributed by atoms with van der Waals surface area (Å²) in [5.74, 6) is -0.970. The summed E-state index contributed by atoms with van der Waals surface area (Å²) < 4.78 is 9.92. The van der Waals surface area contributed by atoms with E-state index in [2.05, 4.69) is 0 Å². The van der Waals surface area contributed by atoms with E-state index in [4.69, 9.17) is 9.47 Å². The lowest BCUT2D eigenvalue weighted by Crippen LogP contribution is -2.21. The fraction of sp³-hybridized carbons (Fsp3) is 0.429. The molecule has 4 heteroatoms. The number of carbonyl (C=O) groups is 2. The van der Waals surface area contributed by atoms with Crippen LogP contribution in [0.3, 0.4) is 0 Å². The van der Waals surface area contributed by atoms with Gasteiger partial charge in [0, 0.05) is 13.8 Å². The summed E-state index contributed by atoms with van der Waals surface area (Å²) in [5, 5.41) is 0. The maximum atomic E-state index is 10.2. The predicted octanol–water partition coefficient (Wildman–Crippen LogP) is 0.379. The van der Waals surface area contributed by atoms with Crippen molar-refractivity contribution in [1.82, 2.24) is 0 Å². The summed E-state index contributed by atoms with van der Waals surface area (Å²) in [4.78, 5) is 20.5. The molecule has 0 radical (unpaired) electrons. The predicted molar refractivity (Wildman–Crippen MR) is 35.4 cm³/mol. The molecule has 0 amide bonds. The first-order chi connectivity index (χ1) is 5.09. The molecule has 1 heterocycles. The lowest BCUT2D eigenvalue weighted by Gasteiger charge is -2.17. The molecule has 0 fully saturated rings. The van der Waals surface area contributed by atoms with Crippen LogP contribution in [0.2, 0.25) is 0 Å². The van der Waals surface area contributed by atoms with Crippen molar-refractivity contribution in [2.24, 2.45) is 0 Å². The third kappa shape index (κ3) is 1.39. The Bertz CT molecular complexity index is 205. The van der Waals surface area contributed by atoms with Crippen LogP contribution in [-0.2, 0) is 19.1 Å². The number of aldehydes is 2. The minimum Gasteiger partial charge on any atom is -0.445 e. The van der Waals surface area contributed by atoms with E-state index in [1.807, 2.05) is 0 Å². The average Bonchev–Trinajstić information content (AvgIpc) is 2.25. The number of allylic oxidation sites excluding steroid dienone is 2. The van der Waals surface area contributed by atoms with Crippen LogP contribution in [-0.4, -0.2) is 18.4 Å². The standard InChI is InChI=1S/C7H8O4/c1-7(2)10-5(3-8)6(4-9)11-7/h3-4H,1-2H3. The van der Waals surface area contributed by atoms with Crippen LogP contribution < -0.4 is 0 Å². The smallest absolute Gasteiger partial charge is 0.246 e. The van der Waals surface area contributed by atoms with Crippen LogP contribution in [0.5, 0.6) is 0 Å². The van der Waals surface area contributed by atoms with Gasteiger partial charge in [-0.1, -0.05) is 0 Å². The van der Waals surface area contributed by atoms with Crippen LogP contribution in [0.1, 0.15) is 13.8 Å². The van der Waals surface area contributed by atoms with Gasteiger partial charge in [0.15, 0.2) is 12.6 Å². The third-order valence-electron chi connectivity index (χ3n) is 1.17. The van der Waals surface area contributed by atoms with Crippen LogP contribution >= 0.6 is 0 Å². The highest BCUT2D eigenvalue weighted by Crippen LogP contribution is 2.27. The highest BCUT2D eigenvalue weighted by atomic mass is 16.7. The Morgan fingerprint density at radius 1 is 1.09 bits per heavy atom. The summed E-state index contributed by atoms with van der Waals surface area (Å²) >= 11 is 0. The minimum atomic E-state index is -0.896. The first kappa shape index (κ1) is 7.78. The molecule has 1 aliphatic heterocycles. The molecule has 0 saturated carbocycles. The fourth-order valence-electron chi connectivity index (χ4n) is 0.815. The molecule has 0 bridgehead atoms. The van der Waals surface area contributed by atoms with Crippen molar-refractivity contribution in [3.8, 4) is 0 Å². The average molecular weight is 156 g/mol. The van der Waals surface area contributed by atoms with Gasteiger partial charge in [-0.25, -0.2) is 0 Å². The molecule has 0 aliphatic carbocycles. The van der Waals surface area contributed by atoms with Gasteiger partial charge in [-0.2, -0.15) is 0 Å². The zero-order valence-electron chi connectivity index (χ0n) is 6.29. The van der Waals surface area contributed by atoms with Gasteiger partial charge in [-0.05, 0) is 0 Å². The molecule has 60 valence electrons. The molecule has 0 N–H and O–H groups in total. The second-order valence-corrected chi connectivity index (χ2v) is 2.57. The second kappa shape index (κ2) is 2.38. The maximum absolute atomic E-state index is 10.2. The Kier molecular flexibility index (Phi) is 1.68. The van der Waals surface area contributed by atoms with Crippen molar-refractivity contribution in [2.75, 3.05) is 0 Å². The van der Waals surface area contributed by atoms with Crippen molar-refractivity contribution < 1.29 is 19.1 Å². The van der Waals surface area contributed by atoms with Gasteiger partial charge in [-0.15, -0.1) is 0 Å². The maximum Gasteiger partial charge on any atom is 0.246 e. The molecular formula is C7H8O4. The van der Waals surface area contributed by atoms with Crippen molar-refractivity contribution in [1.29, 1.82) is 0 Å². The quantitative estimate of drug-likeness (QED) is 0.542. The van der Waals surface area contributed by atoms with Crippen LogP contribution in [0, 0.1) is 0 Å². The molecular weight excluding hydrogens is 148 g/mol. The van der Waals surface area contributed by atoms with Crippen molar-refractivity contribution in [3.05, 3.63) is 11.5 Å². The molecule has 0 spiro atoms. The van der Waals surface area contributed by atoms with E-state index in [9.17, 15) is 9.59 Å². The largest absolute Gasteiger partial charge is 0.445 e. The van der Waals surface area contributed by atoms with Gasteiger partial charge in [0.1, 0.15) is 0 Å². The highest BCUT2D eigenvalue weighted by Gasteiger charge is 2.33. The number of rotatable bonds is 2. The molecule has 11 heavy (non-hydrogen) atoms. The fourth-order valence-corrected chi connectivity index (χ4v) is 0.815. The minimum absolute atomic E-state index is 0.0370. The SMILES string of the molecule is CC1(C)OC(C=O)=C(C=O)O1. The molecule has 0 unspecified atom stereocenters. The van der Waals surface area contributed by atoms with Crippen molar-refractivity contribution in [3.63, 3.8) is 0 Å². The van der Waals surface area contributed by atoms with E-state index in [0.717, 1.165) is 0 Å². The van der Waals surface area contributed by atoms with E-state index < -0.39 is 5.79 Å². The van der Waals surface area contributed by atoms with E-state index in [1.54, 1.807) is 13.8 Å². The Morgan fingerprint density at radius 3 is 1.73 bits per heavy atom. The lowest BCUT2D eigenvalue weighted by atomic mass is 10.4. The second-order valence-electron chi connectivity index (χ2n) is 2.57. The van der Waals surface area contributed by atoms with Gasteiger partial charge in [0.05, 0.1) is 0 Å². The van der Waals surface area contributed by atoms with Gasteiger partial charge < -0.3 is 9.47 Å². The zero-order valence-corrected chi connectivity index (χ0v) is 6.29. The number of ether oxygens (including phenoxy) is 2. The normalized spacial score (nSPS) is 20.5. The molecule has 1 aliphatic rings. The Morgan fingerprint density at radius 2 is 1.45 bits per heavy atom. The van der Waals surface area contributed by atoms with E-state index in [0.29, 0.717) is 12.6 Å². The van der Waals surface area contributed by atoms with Crippen molar-refractivity contribution >= 4 is 12.6 Å². The monoisotopic (exact) mass is 156 g/mol. The Balaban J connectivity index is 2.87. The number of hydrogen-bond acceptors (Lipinski definition) is 4. The zero-order chi connectivity index (χ0) is 8.48. The lowest BCUT2D eigenvalue weighted by molar-refractivity contribution is -0.135. The topological polar surface area (TPSA) is 52.6 Å². The molecule has 0 aromatic carbocycles. The summed E-state index contributed by atoms with van der Waals surface area (Å²) in [6.45, 7) is 3.24. The van der Waals surface area contributed by atoms with Gasteiger partial charge >= 0.3 is 0 Å². The molecule has 0 aromatic rings. The Hall–Kier alpha value is -1.32. The van der Waals surface area contributed by atoms with E-state index >= 15 is 0 Å². The third-order valence-corrected chi connectivity index (χ3v) is 1.17. The Labute approximate surface area is 63.8 Å². The van der Waals surface area contributed by atoms with E-state index in [1.165, 1.54) is 0 Å². The summed E-state index contributed by atoms with van der Waals surface area (Å²) in [6.07, 6.45) is 0.914. The molecule has 1 rings (SSSR count). The number of carbonyl (C=O) groups excluding carboxylic acids is 2. The first-order valence-corrected chi connectivity index (χ1v) is 3.12. The van der Waals surface area contributed by atoms with E-state index in [-0.39, 0.29) is 11.5 Å². The number of hydrogen-bond donors (Lipinski definition) is 0. The van der Waals surface area contributed by atoms with Gasteiger partial charge in [0.2, 0.25) is 17.3 Å². The molecule has 4 nitrogen and oxygen atoms in total. The van der Waals surface area contributed by atoms with Crippen LogP contribution in [0.25, 0.3) is 0 Å². The summed E-state index contributed by atoms with van der Waals surface area (Å²) in [6, 6.07) is 0. The first-order valence-electron chi connectivity index (χ1n) is 3.12. The molecule has 0 aromatic heterocycles.